The molecule has 0 fully saturated rings. The number of benzene rings is 2. The Morgan fingerprint density at radius 1 is 0.971 bits per heavy atom. The van der Waals surface area contributed by atoms with Gasteiger partial charge in [0, 0.05) is 23.5 Å². The summed E-state index contributed by atoms with van der Waals surface area (Å²) >= 11 is 0. The van der Waals surface area contributed by atoms with Crippen LogP contribution in [0.1, 0.15) is 22.5 Å². The molecule has 2 aromatic carbocycles. The topological polar surface area (TPSA) is 118 Å². The third kappa shape index (κ3) is 6.79. The number of nitrogens with zero attached hydrogens (tertiary/aromatic N) is 1. The third-order valence-electron chi connectivity index (χ3n) is 4.48. The Kier molecular flexibility index (Phi) is 7.15. The van der Waals surface area contributed by atoms with E-state index in [1.807, 2.05) is 18.3 Å². The predicted molar refractivity (Wildman–Crippen MR) is 117 cm³/mol. The van der Waals surface area contributed by atoms with Gasteiger partial charge in [-0.05, 0) is 48.4 Å². The van der Waals surface area contributed by atoms with Crippen molar-refractivity contribution in [1.82, 2.24) is 4.98 Å². The van der Waals surface area contributed by atoms with Gasteiger partial charge >= 0.3 is 12.5 Å². The molecule has 0 aliphatic rings. The van der Waals surface area contributed by atoms with Crippen molar-refractivity contribution in [3.8, 4) is 16.9 Å². The Bertz CT molecular complexity index is 1240. The van der Waals surface area contributed by atoms with Crippen molar-refractivity contribution in [2.45, 2.75) is 19.7 Å². The summed E-state index contributed by atoms with van der Waals surface area (Å²) in [6.45, 7) is 1.82. The average Bonchev–Trinajstić information content (AvgIpc) is 2.74. The molecule has 0 radical (unpaired) electrons. The van der Waals surface area contributed by atoms with Crippen LogP contribution in [0.4, 0.5) is 29.3 Å². The maximum Gasteiger partial charge on any atom is 0.573 e. The van der Waals surface area contributed by atoms with Crippen LogP contribution >= 0.6 is 0 Å². The lowest BCUT2D eigenvalue weighted by molar-refractivity contribution is -0.274. The zero-order valence-electron chi connectivity index (χ0n) is 17.6. The summed E-state index contributed by atoms with van der Waals surface area (Å²) in [7, 11) is 0. The first-order valence-electron chi connectivity index (χ1n) is 9.76. The molecule has 34 heavy (non-hydrogen) atoms. The minimum Gasteiger partial charge on any atom is -0.465 e. The zero-order valence-corrected chi connectivity index (χ0v) is 17.6. The minimum absolute atomic E-state index is 0.196. The van der Waals surface area contributed by atoms with E-state index in [1.54, 1.807) is 30.5 Å². The highest BCUT2D eigenvalue weighted by Crippen LogP contribution is 2.31. The Balaban J connectivity index is 1.77. The molecule has 0 aliphatic heterocycles. The smallest absolute Gasteiger partial charge is 0.465 e. The second kappa shape index (κ2) is 10.0. The van der Waals surface area contributed by atoms with Crippen LogP contribution in [0.25, 0.3) is 11.1 Å². The quantitative estimate of drug-likeness (QED) is 0.318. The normalized spacial score (nSPS) is 10.9. The monoisotopic (exact) mass is 473 g/mol. The van der Waals surface area contributed by atoms with Crippen molar-refractivity contribution in [2.75, 3.05) is 10.6 Å². The van der Waals surface area contributed by atoms with Crippen LogP contribution in [0.5, 0.6) is 5.75 Å². The second-order valence-electron chi connectivity index (χ2n) is 7.10. The van der Waals surface area contributed by atoms with Crippen LogP contribution in [-0.2, 0) is 4.79 Å². The van der Waals surface area contributed by atoms with Gasteiger partial charge in [-0.15, -0.1) is 13.2 Å². The van der Waals surface area contributed by atoms with Gasteiger partial charge in [0.15, 0.2) is 5.78 Å². The zero-order chi connectivity index (χ0) is 24.9. The molecule has 0 atom stereocenters. The van der Waals surface area contributed by atoms with Gasteiger partial charge in [-0.25, -0.2) is 4.79 Å². The SMILES string of the molecule is Cc1cc(-c2cccc(C(=O)CC(=O)Nc3cc(OC(F)(F)F)ccc3NC(=O)O)c2)ccn1. The van der Waals surface area contributed by atoms with Gasteiger partial charge in [-0.3, -0.25) is 19.9 Å². The molecular weight excluding hydrogens is 455 g/mol. The van der Waals surface area contributed by atoms with E-state index < -0.39 is 36.3 Å². The molecule has 3 rings (SSSR count). The second-order valence-corrected chi connectivity index (χ2v) is 7.10. The molecule has 176 valence electrons. The van der Waals surface area contributed by atoms with Gasteiger partial charge in [0.1, 0.15) is 5.75 Å². The Labute approximate surface area is 191 Å². The maximum atomic E-state index is 12.7. The largest absolute Gasteiger partial charge is 0.573 e. The summed E-state index contributed by atoms with van der Waals surface area (Å²) in [6, 6.07) is 12.9. The van der Waals surface area contributed by atoms with E-state index in [0.29, 0.717) is 0 Å². The first kappa shape index (κ1) is 24.2. The van der Waals surface area contributed by atoms with E-state index in [2.05, 4.69) is 15.0 Å². The van der Waals surface area contributed by atoms with Gasteiger partial charge in [-0.1, -0.05) is 18.2 Å². The number of amides is 2. The number of halogens is 3. The van der Waals surface area contributed by atoms with Crippen LogP contribution in [-0.4, -0.2) is 34.2 Å². The third-order valence-corrected chi connectivity index (χ3v) is 4.48. The number of pyridine rings is 1. The summed E-state index contributed by atoms with van der Waals surface area (Å²) in [5.41, 5.74) is 2.11. The van der Waals surface area contributed by atoms with E-state index >= 15 is 0 Å². The standard InChI is InChI=1S/C23H18F3N3O5/c1-13-9-15(7-8-27-13)14-3-2-4-16(10-14)20(30)12-21(31)28-19-11-17(34-23(24,25)26)5-6-18(19)29-22(32)33/h2-11,29H,12H2,1H3,(H,28,31)(H,32,33). The summed E-state index contributed by atoms with van der Waals surface area (Å²) in [6.07, 6.45) is -5.49. The molecule has 0 bridgehead atoms. The van der Waals surface area contributed by atoms with Gasteiger partial charge in [0.2, 0.25) is 5.91 Å². The fourth-order valence-electron chi connectivity index (χ4n) is 3.09. The van der Waals surface area contributed by atoms with Crippen LogP contribution < -0.4 is 15.4 Å². The van der Waals surface area contributed by atoms with Gasteiger partial charge in [-0.2, -0.15) is 0 Å². The first-order chi connectivity index (χ1) is 16.0. The summed E-state index contributed by atoms with van der Waals surface area (Å²) < 4.78 is 41.3. The van der Waals surface area contributed by atoms with Gasteiger partial charge in [0.05, 0.1) is 17.8 Å². The van der Waals surface area contributed by atoms with E-state index in [9.17, 15) is 27.6 Å². The first-order valence-corrected chi connectivity index (χ1v) is 9.76. The molecule has 0 saturated carbocycles. The molecule has 0 aliphatic carbocycles. The fourth-order valence-corrected chi connectivity index (χ4v) is 3.09. The number of carbonyl (C=O) groups is 3. The van der Waals surface area contributed by atoms with E-state index in [-0.39, 0.29) is 16.9 Å². The van der Waals surface area contributed by atoms with Gasteiger partial charge < -0.3 is 15.2 Å². The average molecular weight is 473 g/mol. The van der Waals surface area contributed by atoms with Crippen molar-refractivity contribution in [2.24, 2.45) is 0 Å². The van der Waals surface area contributed by atoms with Crippen LogP contribution in [0.2, 0.25) is 0 Å². The molecule has 0 spiro atoms. The van der Waals surface area contributed by atoms with Crippen LogP contribution in [0.15, 0.2) is 60.8 Å². The lowest BCUT2D eigenvalue weighted by atomic mass is 10.0. The molecule has 0 saturated heterocycles. The molecule has 11 heteroatoms. The van der Waals surface area contributed by atoms with Crippen molar-refractivity contribution in [3.63, 3.8) is 0 Å². The highest BCUT2D eigenvalue weighted by atomic mass is 19.4. The number of aryl methyl sites for hydroxylation is 1. The number of anilines is 2. The van der Waals surface area contributed by atoms with Gasteiger partial charge in [0.25, 0.3) is 0 Å². The maximum absolute atomic E-state index is 12.7. The number of ether oxygens (including phenoxy) is 1. The number of ketones is 1. The molecule has 1 aromatic heterocycles. The minimum atomic E-state index is -4.99. The summed E-state index contributed by atoms with van der Waals surface area (Å²) in [5, 5.41) is 13.1. The van der Waals surface area contributed by atoms with E-state index in [4.69, 9.17) is 5.11 Å². The Hall–Kier alpha value is -4.41. The molecular formula is C23H18F3N3O5. The highest BCUT2D eigenvalue weighted by Gasteiger charge is 2.31. The van der Waals surface area contributed by atoms with E-state index in [1.165, 1.54) is 6.07 Å². The number of alkyl halides is 3. The Morgan fingerprint density at radius 2 is 1.71 bits per heavy atom. The van der Waals surface area contributed by atoms with Crippen LogP contribution in [0, 0.1) is 6.92 Å². The van der Waals surface area contributed by atoms with Crippen molar-refractivity contribution in [3.05, 3.63) is 72.1 Å². The lowest BCUT2D eigenvalue weighted by Crippen LogP contribution is -2.20. The van der Waals surface area contributed by atoms with Crippen LogP contribution in [0.3, 0.4) is 0 Å². The number of Topliss-reactive ketones (excluding diaryl/α,β-unsaturated/α-hetero) is 1. The number of hydrogen-bond donors (Lipinski definition) is 3. The van der Waals surface area contributed by atoms with Crippen molar-refractivity contribution in [1.29, 1.82) is 0 Å². The molecule has 2 amide bonds. The Morgan fingerprint density at radius 3 is 2.38 bits per heavy atom. The molecule has 8 nitrogen and oxygen atoms in total. The number of carbonyl (C=O) groups excluding carboxylic acids is 2. The molecule has 1 heterocycles. The number of aromatic nitrogens is 1. The van der Waals surface area contributed by atoms with Crippen molar-refractivity contribution >= 4 is 29.2 Å². The fraction of sp³-hybridized carbons (Fsp3) is 0.130. The number of rotatable bonds is 7. The lowest BCUT2D eigenvalue weighted by Gasteiger charge is -2.14. The summed E-state index contributed by atoms with van der Waals surface area (Å²) in [5.74, 6) is -2.07. The summed E-state index contributed by atoms with van der Waals surface area (Å²) in [4.78, 5) is 40.2. The highest BCUT2D eigenvalue weighted by molar-refractivity contribution is 6.12. The molecule has 3 N–H and O–H groups in total. The number of nitrogens with one attached hydrogen (secondary N) is 2. The number of hydrogen-bond acceptors (Lipinski definition) is 5. The van der Waals surface area contributed by atoms with E-state index in [0.717, 1.165) is 35.0 Å². The van der Waals surface area contributed by atoms with Crippen molar-refractivity contribution < 1.29 is 37.4 Å². The number of carboxylic acid groups (broad SMARTS) is 1. The molecule has 3 aromatic rings. The predicted octanol–water partition coefficient (Wildman–Crippen LogP) is 5.26. The molecule has 0 unspecified atom stereocenters.